The number of pyridine rings is 1. The lowest BCUT2D eigenvalue weighted by atomic mass is 10.0. The van der Waals surface area contributed by atoms with Crippen LogP contribution in [0.3, 0.4) is 0 Å². The van der Waals surface area contributed by atoms with Crippen LogP contribution in [-0.2, 0) is 26.0 Å². The Morgan fingerprint density at radius 3 is 2.46 bits per heavy atom. The lowest BCUT2D eigenvalue weighted by Crippen LogP contribution is -2.40. The molecule has 0 bridgehead atoms. The minimum absolute atomic E-state index is 0. The van der Waals surface area contributed by atoms with E-state index in [9.17, 15) is 13.2 Å². The molecule has 220 valence electrons. The molecule has 41 heavy (non-hydrogen) atoms. The van der Waals surface area contributed by atoms with Gasteiger partial charge in [-0.2, -0.15) is 4.31 Å². The van der Waals surface area contributed by atoms with Gasteiger partial charge in [0.25, 0.3) is 0 Å². The molecule has 2 fully saturated rings. The van der Waals surface area contributed by atoms with Crippen LogP contribution in [0.25, 0.3) is 0 Å². The molecule has 2 aliphatic rings. The van der Waals surface area contributed by atoms with Crippen molar-refractivity contribution in [1.29, 1.82) is 0 Å². The highest BCUT2D eigenvalue weighted by atomic mass is 35.5. The maximum atomic E-state index is 13.6. The smallest absolute Gasteiger partial charge is 0.335 e. The molecule has 3 aromatic rings. The number of hydrogen-bond donors (Lipinski definition) is 0. The van der Waals surface area contributed by atoms with E-state index in [0.29, 0.717) is 50.9 Å². The Bertz CT molecular complexity index is 1450. The summed E-state index contributed by atoms with van der Waals surface area (Å²) in [5, 5.41) is -0.266. The number of aromatic nitrogens is 1. The zero-order valence-corrected chi connectivity index (χ0v) is 25.3. The molecule has 1 unspecified atom stereocenters. The lowest BCUT2D eigenvalue weighted by molar-refractivity contribution is -0.377. The Balaban J connectivity index is 0.00000387. The first kappa shape index (κ1) is 31.4. The third kappa shape index (κ3) is 7.28. The van der Waals surface area contributed by atoms with E-state index in [1.54, 1.807) is 55.9 Å². The van der Waals surface area contributed by atoms with Crippen molar-refractivity contribution in [2.24, 2.45) is 5.92 Å². The van der Waals surface area contributed by atoms with Gasteiger partial charge in [-0.25, -0.2) is 18.2 Å². The highest BCUT2D eigenvalue weighted by Crippen LogP contribution is 2.38. The summed E-state index contributed by atoms with van der Waals surface area (Å²) in [6.45, 7) is 0.766. The number of halogens is 2. The molecule has 5 rings (SSSR count). The second-order valence-electron chi connectivity index (χ2n) is 9.58. The number of benzene rings is 2. The van der Waals surface area contributed by atoms with Crippen LogP contribution in [0.4, 0.5) is 0 Å². The monoisotopic (exact) mass is 640 g/mol. The fourth-order valence-electron chi connectivity index (χ4n) is 4.40. The third-order valence-corrected chi connectivity index (χ3v) is 10.6. The molecule has 2 N–H and O–H groups in total. The largest absolute Gasteiger partial charge is 0.870 e. The van der Waals surface area contributed by atoms with Crippen molar-refractivity contribution >= 4 is 51.0 Å². The Kier molecular flexibility index (Phi) is 10.4. The van der Waals surface area contributed by atoms with Crippen LogP contribution >= 0.6 is 35.0 Å². The van der Waals surface area contributed by atoms with Crippen molar-refractivity contribution in [3.8, 4) is 11.5 Å². The van der Waals surface area contributed by atoms with Crippen molar-refractivity contribution in [3.05, 3.63) is 82.1 Å². The van der Waals surface area contributed by atoms with Crippen molar-refractivity contribution < 1.29 is 37.9 Å². The van der Waals surface area contributed by atoms with E-state index in [-0.39, 0.29) is 23.3 Å². The van der Waals surface area contributed by atoms with E-state index < -0.39 is 27.5 Å². The van der Waals surface area contributed by atoms with Gasteiger partial charge in [0.05, 0.1) is 18.6 Å². The molecule has 0 radical (unpaired) electrons. The first-order valence-corrected chi connectivity index (χ1v) is 16.1. The number of ether oxygens (including phenoxy) is 3. The van der Waals surface area contributed by atoms with E-state index in [1.165, 1.54) is 28.2 Å². The maximum absolute atomic E-state index is 13.6. The van der Waals surface area contributed by atoms with Gasteiger partial charge in [-0.15, -0.1) is 11.8 Å². The zero-order valence-electron chi connectivity index (χ0n) is 22.2. The number of hydrogen-bond acceptors (Lipinski definition) is 8. The van der Waals surface area contributed by atoms with Crippen LogP contribution < -0.4 is 14.5 Å². The number of nitrogens with zero attached hydrogens (tertiary/aromatic N) is 1. The summed E-state index contributed by atoms with van der Waals surface area (Å²) < 4.78 is 45.5. The summed E-state index contributed by atoms with van der Waals surface area (Å²) in [7, 11) is -2.34. The molecule has 0 amide bonds. The molecule has 2 atom stereocenters. The molecule has 13 heteroatoms. The number of carbonyl (C=O) groups excluding carboxylic acids is 1. The number of methoxy groups -OCH3 is 1. The number of sulfonamides is 1. The van der Waals surface area contributed by atoms with Crippen molar-refractivity contribution in [2.75, 3.05) is 26.0 Å². The van der Waals surface area contributed by atoms with Gasteiger partial charge in [0, 0.05) is 24.3 Å². The summed E-state index contributed by atoms with van der Waals surface area (Å²) in [4.78, 5) is 16.6. The molecule has 2 aromatic carbocycles. The number of thioether (sulfide) groups is 1. The number of nitrogens with one attached hydrogen (secondary N) is 1. The Labute approximate surface area is 253 Å². The summed E-state index contributed by atoms with van der Waals surface area (Å²) in [6, 6.07) is 13.4. The van der Waals surface area contributed by atoms with Crippen molar-refractivity contribution in [3.63, 3.8) is 0 Å². The summed E-state index contributed by atoms with van der Waals surface area (Å²) in [5.74, 6) is 1.42. The van der Waals surface area contributed by atoms with Crippen LogP contribution in [0, 0.1) is 5.92 Å². The van der Waals surface area contributed by atoms with Gasteiger partial charge in [-0.05, 0) is 48.6 Å². The predicted octanol–water partition coefficient (Wildman–Crippen LogP) is 5.02. The lowest BCUT2D eigenvalue weighted by Gasteiger charge is -2.25. The van der Waals surface area contributed by atoms with Gasteiger partial charge >= 0.3 is 5.97 Å². The van der Waals surface area contributed by atoms with E-state index in [2.05, 4.69) is 4.98 Å². The SMILES string of the molecule is COc1ccc(C(Cc2c(Cl)c[nH+]cc2Cl)OC(=O)[C@@H]2SCCN2S(=O)(=O)c2ccccc2)cc1OCC1CC1.[OH-]. The Morgan fingerprint density at radius 2 is 1.80 bits per heavy atom. The number of carbonyl (C=O) groups is 1. The van der Waals surface area contributed by atoms with Gasteiger partial charge in [-0.1, -0.05) is 47.5 Å². The fraction of sp³-hybridized carbons (Fsp3) is 0.357. The summed E-state index contributed by atoms with van der Waals surface area (Å²) in [6.07, 6.45) is 4.79. The minimum atomic E-state index is -3.90. The molecule has 1 aromatic heterocycles. The van der Waals surface area contributed by atoms with Crippen LogP contribution in [-0.4, -0.2) is 55.6 Å². The first-order valence-electron chi connectivity index (χ1n) is 12.8. The molecular weight excluding hydrogens is 611 g/mol. The molecule has 2 heterocycles. The number of H-pyrrole nitrogens is 1. The minimum Gasteiger partial charge on any atom is -0.870 e. The molecule has 1 aliphatic carbocycles. The van der Waals surface area contributed by atoms with E-state index in [0.717, 1.165) is 12.8 Å². The van der Waals surface area contributed by atoms with Gasteiger partial charge < -0.3 is 19.7 Å². The average molecular weight is 642 g/mol. The highest BCUT2D eigenvalue weighted by Gasteiger charge is 2.42. The highest BCUT2D eigenvalue weighted by molar-refractivity contribution is 8.02. The molecule has 0 spiro atoms. The van der Waals surface area contributed by atoms with Crippen LogP contribution in [0.1, 0.15) is 30.1 Å². The van der Waals surface area contributed by atoms with E-state index >= 15 is 0 Å². The van der Waals surface area contributed by atoms with Crippen molar-refractivity contribution in [2.45, 2.75) is 35.6 Å². The standard InChI is InChI=1S/C28H28Cl2N2O6S2.H2O/c1-36-24-10-9-19(13-26(24)37-17-18-7-8-18)25(14-21-22(29)15-31-16-23(21)30)38-28(33)27-32(11-12-39-27)40(34,35)20-5-3-2-4-6-20;/h2-6,9-10,13,15-16,18,25,27H,7-8,11-12,14,17H2,1H3;1H2/t25?,27-;/m0./s1. The average Bonchev–Trinajstić information content (AvgIpc) is 3.65. The topological polar surface area (TPSA) is 126 Å². The first-order chi connectivity index (χ1) is 19.3. The second-order valence-corrected chi connectivity index (χ2v) is 13.5. The van der Waals surface area contributed by atoms with Gasteiger partial charge in [0.15, 0.2) is 29.3 Å². The third-order valence-electron chi connectivity index (χ3n) is 6.78. The Hall–Kier alpha value is -2.54. The van der Waals surface area contributed by atoms with Gasteiger partial charge in [-0.3, -0.25) is 0 Å². The van der Waals surface area contributed by atoms with E-state index in [1.807, 2.05) is 0 Å². The number of rotatable bonds is 11. The van der Waals surface area contributed by atoms with E-state index in [4.69, 9.17) is 37.4 Å². The second kappa shape index (κ2) is 13.6. The molecule has 1 saturated carbocycles. The van der Waals surface area contributed by atoms with Gasteiger partial charge in [0.1, 0.15) is 16.1 Å². The van der Waals surface area contributed by atoms with Crippen LogP contribution in [0.15, 0.2) is 65.8 Å². The molecule has 1 aliphatic heterocycles. The number of esters is 1. The molecule has 9 nitrogen and oxygen atoms in total. The maximum Gasteiger partial charge on any atom is 0.335 e. The van der Waals surface area contributed by atoms with Crippen LogP contribution in [0.2, 0.25) is 10.0 Å². The van der Waals surface area contributed by atoms with Crippen molar-refractivity contribution in [1.82, 2.24) is 4.31 Å². The predicted molar refractivity (Wildman–Crippen MR) is 155 cm³/mol. The summed E-state index contributed by atoms with van der Waals surface area (Å²) in [5.41, 5.74) is 1.23. The molecular formula is C28H30Cl2N2O7S2. The van der Waals surface area contributed by atoms with Gasteiger partial charge in [0.2, 0.25) is 10.0 Å². The Morgan fingerprint density at radius 1 is 1.10 bits per heavy atom. The zero-order chi connectivity index (χ0) is 28.3. The fourth-order valence-corrected chi connectivity index (χ4v) is 8.00. The summed E-state index contributed by atoms with van der Waals surface area (Å²) >= 11 is 14.1. The quantitative estimate of drug-likeness (QED) is 0.267. The number of aromatic amines is 1. The molecule has 1 saturated heterocycles. The van der Waals surface area contributed by atoms with Crippen LogP contribution in [0.5, 0.6) is 11.5 Å². The normalized spacial score (nSPS) is 17.9.